The minimum Gasteiger partial charge on any atom is -0.492 e. The minimum absolute atomic E-state index is 0.101. The topological polar surface area (TPSA) is 35.2 Å². The fourth-order valence-electron chi connectivity index (χ4n) is 1.69. The van der Waals surface area contributed by atoms with Crippen LogP contribution in [0.2, 0.25) is 5.02 Å². The van der Waals surface area contributed by atoms with E-state index in [0.29, 0.717) is 11.6 Å². The Kier molecular flexibility index (Phi) is 7.54. The van der Waals surface area contributed by atoms with Crippen molar-refractivity contribution < 1.29 is 4.74 Å². The Morgan fingerprint density at radius 3 is 2.61 bits per heavy atom. The molecule has 0 aromatic heterocycles. The van der Waals surface area contributed by atoms with Gasteiger partial charge in [0.25, 0.3) is 0 Å². The Morgan fingerprint density at radius 2 is 1.94 bits per heavy atom. The van der Waals surface area contributed by atoms with Gasteiger partial charge in [0.15, 0.2) is 0 Å². The predicted octanol–water partition coefficient (Wildman–Crippen LogP) is 4.18. The highest BCUT2D eigenvalue weighted by atomic mass is 35.5. The summed E-state index contributed by atoms with van der Waals surface area (Å²) in [6.45, 7) is 4.27. The van der Waals surface area contributed by atoms with Gasteiger partial charge in [0.1, 0.15) is 12.4 Å². The van der Waals surface area contributed by atoms with Crippen molar-refractivity contribution in [1.29, 1.82) is 0 Å². The van der Waals surface area contributed by atoms with Gasteiger partial charge in [0, 0.05) is 11.1 Å². The second-order valence-corrected chi connectivity index (χ2v) is 4.89. The van der Waals surface area contributed by atoms with Crippen molar-refractivity contribution in [2.45, 2.75) is 38.1 Å². The van der Waals surface area contributed by atoms with Crippen LogP contribution in [0.15, 0.2) is 36.9 Å². The summed E-state index contributed by atoms with van der Waals surface area (Å²) in [5.41, 5.74) is 5.99. The molecule has 100 valence electrons. The molecule has 1 unspecified atom stereocenters. The molecule has 18 heavy (non-hydrogen) atoms. The van der Waals surface area contributed by atoms with E-state index in [4.69, 9.17) is 22.1 Å². The number of ether oxygens (including phenoxy) is 1. The number of rotatable bonds is 9. The molecule has 0 aliphatic heterocycles. The number of nitrogens with two attached hydrogens (primary N) is 1. The van der Waals surface area contributed by atoms with Crippen LogP contribution in [0.1, 0.15) is 32.1 Å². The van der Waals surface area contributed by atoms with Crippen LogP contribution < -0.4 is 10.5 Å². The fraction of sp³-hybridized carbons (Fsp3) is 0.467. The van der Waals surface area contributed by atoms with Crippen LogP contribution in [0, 0.1) is 0 Å². The van der Waals surface area contributed by atoms with Gasteiger partial charge in [-0.3, -0.25) is 0 Å². The van der Waals surface area contributed by atoms with Crippen molar-refractivity contribution in [3.05, 3.63) is 41.9 Å². The number of allylic oxidation sites excluding steroid dienone is 1. The highest BCUT2D eigenvalue weighted by molar-refractivity contribution is 6.30. The lowest BCUT2D eigenvalue weighted by atomic mass is 10.1. The molecule has 1 aromatic rings. The molecule has 2 N–H and O–H groups in total. The zero-order valence-corrected chi connectivity index (χ0v) is 11.5. The first-order chi connectivity index (χ1) is 8.72. The molecule has 0 radical (unpaired) electrons. The maximum Gasteiger partial charge on any atom is 0.119 e. The Bertz CT molecular complexity index is 337. The third-order valence-electron chi connectivity index (χ3n) is 2.76. The first kappa shape index (κ1) is 15.1. The van der Waals surface area contributed by atoms with E-state index >= 15 is 0 Å². The highest BCUT2D eigenvalue weighted by Crippen LogP contribution is 2.16. The second kappa shape index (κ2) is 9.01. The molecule has 1 atom stereocenters. The molecule has 2 nitrogen and oxygen atoms in total. The molecule has 3 heteroatoms. The van der Waals surface area contributed by atoms with E-state index in [2.05, 4.69) is 6.58 Å². The number of halogens is 1. The van der Waals surface area contributed by atoms with Crippen LogP contribution >= 0.6 is 11.6 Å². The van der Waals surface area contributed by atoms with Gasteiger partial charge in [-0.1, -0.05) is 30.5 Å². The van der Waals surface area contributed by atoms with Crippen molar-refractivity contribution >= 4 is 11.6 Å². The molecule has 0 bridgehead atoms. The predicted molar refractivity (Wildman–Crippen MR) is 78.2 cm³/mol. The summed E-state index contributed by atoms with van der Waals surface area (Å²) in [5, 5.41) is 0.717. The summed E-state index contributed by atoms with van der Waals surface area (Å²) in [7, 11) is 0. The molecule has 1 aromatic carbocycles. The molecule has 0 saturated carbocycles. The van der Waals surface area contributed by atoms with Crippen LogP contribution in [0.4, 0.5) is 0 Å². The summed E-state index contributed by atoms with van der Waals surface area (Å²) in [6, 6.07) is 7.46. The molecule has 0 spiro atoms. The molecule has 0 amide bonds. The SMILES string of the molecule is C=CCCCCCC(N)COc1ccc(Cl)cc1. The van der Waals surface area contributed by atoms with Gasteiger partial charge in [-0.2, -0.15) is 0 Å². The van der Waals surface area contributed by atoms with Crippen molar-refractivity contribution in [3.8, 4) is 5.75 Å². The van der Waals surface area contributed by atoms with Gasteiger partial charge in [-0.15, -0.1) is 6.58 Å². The zero-order valence-electron chi connectivity index (χ0n) is 10.8. The van der Waals surface area contributed by atoms with Crippen molar-refractivity contribution in [2.24, 2.45) is 5.73 Å². The Labute approximate surface area is 115 Å². The highest BCUT2D eigenvalue weighted by Gasteiger charge is 2.03. The standard InChI is InChI=1S/C15H22ClNO/c1-2-3-4-5-6-7-14(17)12-18-15-10-8-13(16)9-11-15/h2,8-11,14H,1,3-7,12,17H2. The lowest BCUT2D eigenvalue weighted by Crippen LogP contribution is -2.27. The summed E-state index contributed by atoms with van der Waals surface area (Å²) >= 11 is 5.80. The molecule has 1 rings (SSSR count). The van der Waals surface area contributed by atoms with Gasteiger partial charge in [0.05, 0.1) is 0 Å². The third kappa shape index (κ3) is 6.67. The fourth-order valence-corrected chi connectivity index (χ4v) is 1.82. The van der Waals surface area contributed by atoms with Crippen LogP contribution in [0.25, 0.3) is 0 Å². The normalized spacial score (nSPS) is 12.1. The van der Waals surface area contributed by atoms with Gasteiger partial charge >= 0.3 is 0 Å². The molecule has 0 aliphatic carbocycles. The first-order valence-electron chi connectivity index (χ1n) is 6.47. The van der Waals surface area contributed by atoms with Crippen molar-refractivity contribution in [1.82, 2.24) is 0 Å². The second-order valence-electron chi connectivity index (χ2n) is 4.45. The van der Waals surface area contributed by atoms with E-state index in [-0.39, 0.29) is 6.04 Å². The lowest BCUT2D eigenvalue weighted by molar-refractivity contribution is 0.279. The number of hydrogen-bond acceptors (Lipinski definition) is 2. The summed E-state index contributed by atoms with van der Waals surface area (Å²) in [4.78, 5) is 0. The third-order valence-corrected chi connectivity index (χ3v) is 3.01. The average Bonchev–Trinajstić information content (AvgIpc) is 2.38. The van der Waals surface area contributed by atoms with Gasteiger partial charge in [-0.05, 0) is 43.5 Å². The van der Waals surface area contributed by atoms with Crippen molar-refractivity contribution in [3.63, 3.8) is 0 Å². The molecule has 0 heterocycles. The molecule has 0 fully saturated rings. The zero-order chi connectivity index (χ0) is 13.2. The molecule has 0 saturated heterocycles. The van der Waals surface area contributed by atoms with Crippen LogP contribution in [0.3, 0.4) is 0 Å². The Morgan fingerprint density at radius 1 is 1.22 bits per heavy atom. The van der Waals surface area contributed by atoms with Crippen LogP contribution in [0.5, 0.6) is 5.75 Å². The summed E-state index contributed by atoms with van der Waals surface area (Å²) in [5.74, 6) is 0.821. The number of benzene rings is 1. The first-order valence-corrected chi connectivity index (χ1v) is 6.85. The van der Waals surface area contributed by atoms with Gasteiger partial charge in [-0.25, -0.2) is 0 Å². The largest absolute Gasteiger partial charge is 0.492 e. The Balaban J connectivity index is 2.11. The van der Waals surface area contributed by atoms with Gasteiger partial charge in [0.2, 0.25) is 0 Å². The minimum atomic E-state index is 0.101. The van der Waals surface area contributed by atoms with Crippen molar-refractivity contribution in [2.75, 3.05) is 6.61 Å². The van der Waals surface area contributed by atoms with E-state index in [1.165, 1.54) is 12.8 Å². The van der Waals surface area contributed by atoms with Crippen LogP contribution in [-0.2, 0) is 0 Å². The maximum absolute atomic E-state index is 5.99. The van der Waals surface area contributed by atoms with E-state index < -0.39 is 0 Å². The quantitative estimate of drug-likeness (QED) is 0.538. The summed E-state index contributed by atoms with van der Waals surface area (Å²) < 4.78 is 5.60. The average molecular weight is 268 g/mol. The molecule has 0 aliphatic rings. The van der Waals surface area contributed by atoms with E-state index in [1.54, 1.807) is 0 Å². The molecular formula is C15H22ClNO. The Hall–Kier alpha value is -0.990. The van der Waals surface area contributed by atoms with Crippen LogP contribution in [-0.4, -0.2) is 12.6 Å². The summed E-state index contributed by atoms with van der Waals surface area (Å²) in [6.07, 6.45) is 7.62. The van der Waals surface area contributed by atoms with E-state index in [9.17, 15) is 0 Å². The molecular weight excluding hydrogens is 246 g/mol. The van der Waals surface area contributed by atoms with Gasteiger partial charge < -0.3 is 10.5 Å². The van der Waals surface area contributed by atoms with E-state index in [0.717, 1.165) is 25.0 Å². The lowest BCUT2D eigenvalue weighted by Gasteiger charge is -2.13. The monoisotopic (exact) mass is 267 g/mol. The smallest absolute Gasteiger partial charge is 0.119 e. The number of hydrogen-bond donors (Lipinski definition) is 1. The maximum atomic E-state index is 5.99. The number of unbranched alkanes of at least 4 members (excludes halogenated alkanes) is 3. The van der Waals surface area contributed by atoms with E-state index in [1.807, 2.05) is 30.3 Å².